The molecule has 1 aliphatic heterocycles. The van der Waals surface area contributed by atoms with E-state index in [1.54, 1.807) is 6.92 Å². The van der Waals surface area contributed by atoms with E-state index >= 15 is 0 Å². The lowest BCUT2D eigenvalue weighted by molar-refractivity contribution is -0.138. The highest BCUT2D eigenvalue weighted by Gasteiger charge is 2.32. The summed E-state index contributed by atoms with van der Waals surface area (Å²) < 4.78 is 0. The summed E-state index contributed by atoms with van der Waals surface area (Å²) in [6.07, 6.45) is 1.78. The molecule has 1 heterocycles. The summed E-state index contributed by atoms with van der Waals surface area (Å²) in [6.45, 7) is 5.03. The van der Waals surface area contributed by atoms with Crippen LogP contribution in [0.1, 0.15) is 52.9 Å². The van der Waals surface area contributed by atoms with E-state index in [4.69, 9.17) is 10.8 Å². The van der Waals surface area contributed by atoms with Crippen LogP contribution < -0.4 is 32.3 Å². The first-order valence-electron chi connectivity index (χ1n) is 11.4. The number of hydrogen-bond acceptors (Lipinski definition) is 7. The molecule has 0 saturated carbocycles. The lowest BCUT2D eigenvalue weighted by Gasteiger charge is -2.28. The molecular formula is C21H36N6O7. The van der Waals surface area contributed by atoms with Gasteiger partial charge >= 0.3 is 5.97 Å². The van der Waals surface area contributed by atoms with Crippen molar-refractivity contribution in [3.05, 3.63) is 0 Å². The summed E-state index contributed by atoms with van der Waals surface area (Å²) in [5, 5.41) is 21.6. The van der Waals surface area contributed by atoms with Crippen molar-refractivity contribution >= 4 is 35.5 Å². The first-order chi connectivity index (χ1) is 16.0. The number of hydrogen-bond donors (Lipinski definition) is 7. The zero-order valence-corrected chi connectivity index (χ0v) is 19.8. The minimum absolute atomic E-state index is 0.0392. The highest BCUT2D eigenvalue weighted by molar-refractivity contribution is 5.95. The molecule has 1 aliphatic rings. The Morgan fingerprint density at radius 1 is 1.03 bits per heavy atom. The van der Waals surface area contributed by atoms with E-state index < -0.39 is 60.3 Å². The lowest BCUT2D eigenvalue weighted by Crippen LogP contribution is -2.59. The van der Waals surface area contributed by atoms with Crippen LogP contribution in [-0.2, 0) is 28.8 Å². The number of nitrogens with two attached hydrogens (primary N) is 1. The van der Waals surface area contributed by atoms with Gasteiger partial charge in [-0.3, -0.25) is 28.8 Å². The second-order valence-electron chi connectivity index (χ2n) is 8.43. The molecule has 0 bridgehead atoms. The SMILES string of the molecule is CC[C@H](C)[C@H](NC(=O)[C@H](CCC(N)=O)NC(=O)[C@@H]1CCCN1)C(=O)N[C@@H](C)C(=O)NCC(=O)O. The molecule has 0 spiro atoms. The molecule has 5 amide bonds. The average molecular weight is 485 g/mol. The van der Waals surface area contributed by atoms with Gasteiger partial charge in [-0.1, -0.05) is 20.3 Å². The molecule has 1 rings (SSSR count). The zero-order valence-electron chi connectivity index (χ0n) is 19.8. The van der Waals surface area contributed by atoms with Gasteiger partial charge in [0.25, 0.3) is 0 Å². The summed E-state index contributed by atoms with van der Waals surface area (Å²) in [5.74, 6) is -4.57. The minimum atomic E-state index is -1.23. The number of aliphatic carboxylic acids is 1. The molecule has 0 aliphatic carbocycles. The number of carboxylic acid groups (broad SMARTS) is 1. The van der Waals surface area contributed by atoms with Gasteiger partial charge in [-0.05, 0) is 38.6 Å². The van der Waals surface area contributed by atoms with Gasteiger partial charge in [0.15, 0.2) is 0 Å². The molecule has 0 unspecified atom stereocenters. The predicted octanol–water partition coefficient (Wildman–Crippen LogP) is -2.27. The third kappa shape index (κ3) is 9.73. The van der Waals surface area contributed by atoms with Crippen molar-refractivity contribution in [2.24, 2.45) is 11.7 Å². The molecule has 13 heteroatoms. The van der Waals surface area contributed by atoms with Crippen LogP contribution in [0.2, 0.25) is 0 Å². The molecule has 13 nitrogen and oxygen atoms in total. The first-order valence-corrected chi connectivity index (χ1v) is 11.4. The Kier molecular flexibility index (Phi) is 12.0. The standard InChI is InChI=1S/C21H36N6O7/c1-4-11(2)17(21(34)25-12(3)18(31)24-10-16(29)30)27-20(33)14(7-8-15(22)28)26-19(32)13-6-5-9-23-13/h11-14,17,23H,4-10H2,1-3H3,(H2,22,28)(H,24,31)(H,25,34)(H,26,32)(H,27,33)(H,29,30)/t11-,12-,13-,14-,17-/m0/s1. The second kappa shape index (κ2) is 14.1. The molecule has 1 fully saturated rings. The Labute approximate surface area is 198 Å². The Balaban J connectivity index is 2.89. The predicted molar refractivity (Wildman–Crippen MR) is 121 cm³/mol. The van der Waals surface area contributed by atoms with Crippen LogP contribution in [0, 0.1) is 5.92 Å². The molecule has 0 radical (unpaired) electrons. The highest BCUT2D eigenvalue weighted by Crippen LogP contribution is 2.11. The van der Waals surface area contributed by atoms with Gasteiger partial charge < -0.3 is 37.4 Å². The van der Waals surface area contributed by atoms with E-state index in [0.717, 1.165) is 6.42 Å². The minimum Gasteiger partial charge on any atom is -0.480 e. The Morgan fingerprint density at radius 2 is 1.71 bits per heavy atom. The number of carbonyl (C=O) groups excluding carboxylic acids is 5. The van der Waals surface area contributed by atoms with E-state index in [-0.39, 0.29) is 24.7 Å². The maximum atomic E-state index is 13.0. The van der Waals surface area contributed by atoms with Crippen LogP contribution in [-0.4, -0.2) is 77.9 Å². The molecule has 192 valence electrons. The first kappa shape index (κ1) is 28.8. The van der Waals surface area contributed by atoms with Gasteiger partial charge in [0.05, 0.1) is 6.04 Å². The summed E-state index contributed by atoms with van der Waals surface area (Å²) >= 11 is 0. The van der Waals surface area contributed by atoms with Crippen molar-refractivity contribution < 1.29 is 33.9 Å². The van der Waals surface area contributed by atoms with E-state index in [1.165, 1.54) is 6.92 Å². The fraction of sp³-hybridized carbons (Fsp3) is 0.714. The molecular weight excluding hydrogens is 448 g/mol. The van der Waals surface area contributed by atoms with Crippen molar-refractivity contribution in [2.75, 3.05) is 13.1 Å². The van der Waals surface area contributed by atoms with Crippen LogP contribution in [0.4, 0.5) is 0 Å². The normalized spacial score (nSPS) is 18.6. The van der Waals surface area contributed by atoms with Crippen molar-refractivity contribution in [3.63, 3.8) is 0 Å². The van der Waals surface area contributed by atoms with Gasteiger partial charge in [-0.15, -0.1) is 0 Å². The smallest absolute Gasteiger partial charge is 0.322 e. The highest BCUT2D eigenvalue weighted by atomic mass is 16.4. The third-order valence-electron chi connectivity index (χ3n) is 5.65. The summed E-state index contributed by atoms with van der Waals surface area (Å²) in [4.78, 5) is 72.3. The van der Waals surface area contributed by atoms with Crippen LogP contribution in [0.25, 0.3) is 0 Å². The number of carboxylic acids is 1. The molecule has 0 aromatic carbocycles. The second-order valence-corrected chi connectivity index (χ2v) is 8.43. The average Bonchev–Trinajstić information content (AvgIpc) is 3.32. The van der Waals surface area contributed by atoms with Crippen molar-refractivity contribution in [1.29, 1.82) is 0 Å². The van der Waals surface area contributed by atoms with Crippen LogP contribution in [0.3, 0.4) is 0 Å². The van der Waals surface area contributed by atoms with E-state index in [1.807, 2.05) is 6.92 Å². The van der Waals surface area contributed by atoms with Gasteiger partial charge in [-0.25, -0.2) is 0 Å². The maximum Gasteiger partial charge on any atom is 0.322 e. The number of rotatable bonds is 14. The van der Waals surface area contributed by atoms with Gasteiger partial charge in [0.2, 0.25) is 29.5 Å². The van der Waals surface area contributed by atoms with Crippen LogP contribution in [0.5, 0.6) is 0 Å². The Bertz CT molecular complexity index is 769. The van der Waals surface area contributed by atoms with E-state index in [2.05, 4.69) is 26.6 Å². The summed E-state index contributed by atoms with van der Waals surface area (Å²) in [7, 11) is 0. The number of carbonyl (C=O) groups is 6. The van der Waals surface area contributed by atoms with E-state index in [9.17, 15) is 28.8 Å². The molecule has 0 aromatic rings. The Morgan fingerprint density at radius 3 is 2.24 bits per heavy atom. The molecule has 34 heavy (non-hydrogen) atoms. The van der Waals surface area contributed by atoms with Crippen molar-refractivity contribution in [1.82, 2.24) is 26.6 Å². The number of amides is 5. The molecule has 5 atom stereocenters. The van der Waals surface area contributed by atoms with Gasteiger partial charge in [0.1, 0.15) is 24.7 Å². The molecule has 8 N–H and O–H groups in total. The fourth-order valence-corrected chi connectivity index (χ4v) is 3.38. The van der Waals surface area contributed by atoms with Crippen molar-refractivity contribution in [3.8, 4) is 0 Å². The quantitative estimate of drug-likeness (QED) is 0.142. The molecule has 0 aromatic heterocycles. The largest absolute Gasteiger partial charge is 0.480 e. The van der Waals surface area contributed by atoms with Crippen LogP contribution >= 0.6 is 0 Å². The Hall–Kier alpha value is -3.22. The monoisotopic (exact) mass is 484 g/mol. The maximum absolute atomic E-state index is 13.0. The summed E-state index contributed by atoms with van der Waals surface area (Å²) in [5.41, 5.74) is 5.21. The topological polar surface area (TPSA) is 209 Å². The zero-order chi connectivity index (χ0) is 25.8. The van der Waals surface area contributed by atoms with Gasteiger partial charge in [-0.2, -0.15) is 0 Å². The van der Waals surface area contributed by atoms with Crippen LogP contribution in [0.15, 0.2) is 0 Å². The summed E-state index contributed by atoms with van der Waals surface area (Å²) in [6, 6.07) is -3.61. The van der Waals surface area contributed by atoms with Gasteiger partial charge in [0, 0.05) is 6.42 Å². The fourth-order valence-electron chi connectivity index (χ4n) is 3.38. The van der Waals surface area contributed by atoms with Crippen molar-refractivity contribution in [2.45, 2.75) is 77.0 Å². The number of primary amides is 1. The molecule has 1 saturated heterocycles. The third-order valence-corrected chi connectivity index (χ3v) is 5.65. The van der Waals surface area contributed by atoms with E-state index in [0.29, 0.717) is 19.4 Å². The lowest BCUT2D eigenvalue weighted by atomic mass is 9.97. The number of nitrogens with one attached hydrogen (secondary N) is 5.